The fourth-order valence-corrected chi connectivity index (χ4v) is 7.15. The molecule has 0 aliphatic rings. The highest BCUT2D eigenvalue weighted by atomic mass is 31.2. The quantitative estimate of drug-likeness (QED) is 0.0509. The normalized spacial score (nSPS) is 13.5. The first-order chi connectivity index (χ1) is 23.7. The molecule has 0 spiro atoms. The molecule has 1 aromatic carbocycles. The van der Waals surface area contributed by atoms with E-state index in [2.05, 4.69) is 27.7 Å². The molecule has 0 N–H and O–H groups in total. The fourth-order valence-electron chi connectivity index (χ4n) is 6.12. The van der Waals surface area contributed by atoms with E-state index in [0.29, 0.717) is 25.4 Å². The van der Waals surface area contributed by atoms with E-state index < -0.39 is 8.60 Å². The van der Waals surface area contributed by atoms with E-state index in [1.54, 1.807) is 0 Å². The van der Waals surface area contributed by atoms with Gasteiger partial charge in [-0.25, -0.2) is 0 Å². The van der Waals surface area contributed by atoms with Crippen LogP contribution in [0.25, 0.3) is 0 Å². The fraction of sp³-hybridized carbons (Fsp3) is 0.857. The Labute approximate surface area is 300 Å². The topological polar surface area (TPSA) is 46.2 Å². The summed E-state index contributed by atoms with van der Waals surface area (Å²) >= 11 is 0. The Kier molecular flexibility index (Phi) is 34.1. The Hall–Kier alpha value is -0.710. The third-order valence-electron chi connectivity index (χ3n) is 9.08. The lowest BCUT2D eigenvalue weighted by Crippen LogP contribution is -2.14. The van der Waals surface area contributed by atoms with Crippen LogP contribution in [-0.2, 0) is 18.5 Å². The number of unbranched alkanes of at least 4 members (excludes halogenated alkanes) is 16. The molecule has 5 nitrogen and oxygen atoms in total. The van der Waals surface area contributed by atoms with Gasteiger partial charge in [-0.15, -0.1) is 0 Å². The molecule has 282 valence electrons. The van der Waals surface area contributed by atoms with Gasteiger partial charge >= 0.3 is 8.60 Å². The van der Waals surface area contributed by atoms with E-state index in [9.17, 15) is 0 Å². The Morgan fingerprint density at radius 2 is 0.812 bits per heavy atom. The van der Waals surface area contributed by atoms with Crippen molar-refractivity contribution in [2.45, 2.75) is 207 Å². The summed E-state index contributed by atoms with van der Waals surface area (Å²) in [5, 5.41) is 0. The first kappa shape index (κ1) is 45.3. The standard InChI is InChI=1S/C42H79O5P/c1-5-9-11-13-15-17-26-36-43-40(30-7-3)32-24-20-28-38-45-48(47-42-34-22-19-23-35-42)46-39-29-21-25-33-41(31-8-4)44-37-27-18-16-14-12-10-6-2/h19,22-23,34-35,40-41H,5-18,20-21,24-33,36-39H2,1-4H3. The summed E-state index contributed by atoms with van der Waals surface area (Å²) in [7, 11) is -1.40. The molecule has 1 rings (SSSR count). The first-order valence-electron chi connectivity index (χ1n) is 20.8. The number of rotatable bonds is 38. The van der Waals surface area contributed by atoms with E-state index >= 15 is 0 Å². The summed E-state index contributed by atoms with van der Waals surface area (Å²) in [5.41, 5.74) is 0. The Bertz CT molecular complexity index is 709. The third-order valence-corrected chi connectivity index (χ3v) is 10.2. The summed E-state index contributed by atoms with van der Waals surface area (Å²) in [6.07, 6.45) is 33.2. The molecule has 0 fully saturated rings. The van der Waals surface area contributed by atoms with Crippen LogP contribution in [-0.4, -0.2) is 38.6 Å². The molecule has 0 aliphatic heterocycles. The SMILES string of the molecule is CCCCCCCCCOC(CCC)CCCCCOP(OCCCCCC(CCC)OCCCCCCCCC)Oc1ccccc1. The van der Waals surface area contributed by atoms with Crippen molar-refractivity contribution in [2.24, 2.45) is 0 Å². The van der Waals surface area contributed by atoms with E-state index in [4.69, 9.17) is 23.0 Å². The molecular weight excluding hydrogens is 615 g/mol. The number of para-hydroxylation sites is 1. The summed E-state index contributed by atoms with van der Waals surface area (Å²) < 4.78 is 31.0. The second-order valence-electron chi connectivity index (χ2n) is 13.8. The lowest BCUT2D eigenvalue weighted by molar-refractivity contribution is 0.0368. The summed E-state index contributed by atoms with van der Waals surface area (Å²) in [5.74, 6) is 0.810. The zero-order valence-corrected chi connectivity index (χ0v) is 33.1. The maximum Gasteiger partial charge on any atom is 0.397 e. The summed E-state index contributed by atoms with van der Waals surface area (Å²) in [6, 6.07) is 9.94. The highest BCUT2D eigenvalue weighted by Gasteiger charge is 2.15. The van der Waals surface area contributed by atoms with Crippen LogP contribution >= 0.6 is 8.60 Å². The second-order valence-corrected chi connectivity index (χ2v) is 14.9. The summed E-state index contributed by atoms with van der Waals surface area (Å²) in [6.45, 7) is 12.3. The van der Waals surface area contributed by atoms with Gasteiger partial charge < -0.3 is 23.0 Å². The highest BCUT2D eigenvalue weighted by molar-refractivity contribution is 7.42. The smallest absolute Gasteiger partial charge is 0.397 e. The van der Waals surface area contributed by atoms with Crippen molar-refractivity contribution >= 4 is 8.60 Å². The van der Waals surface area contributed by atoms with Crippen molar-refractivity contribution in [1.29, 1.82) is 0 Å². The third kappa shape index (κ3) is 29.1. The molecule has 0 amide bonds. The van der Waals surface area contributed by atoms with Crippen LogP contribution in [0.5, 0.6) is 5.75 Å². The molecule has 0 radical (unpaired) electrons. The van der Waals surface area contributed by atoms with Gasteiger partial charge in [0.15, 0.2) is 0 Å². The van der Waals surface area contributed by atoms with Crippen LogP contribution in [0.1, 0.15) is 195 Å². The minimum atomic E-state index is -1.40. The molecule has 0 aromatic heterocycles. The monoisotopic (exact) mass is 695 g/mol. The summed E-state index contributed by atoms with van der Waals surface area (Å²) in [4.78, 5) is 0. The largest absolute Gasteiger partial charge is 0.427 e. The molecule has 2 unspecified atom stereocenters. The van der Waals surface area contributed by atoms with Gasteiger partial charge in [0.2, 0.25) is 0 Å². The van der Waals surface area contributed by atoms with Gasteiger partial charge in [-0.3, -0.25) is 0 Å². The average molecular weight is 695 g/mol. The Balaban J connectivity index is 2.25. The number of hydrogen-bond acceptors (Lipinski definition) is 5. The molecular formula is C42H79O5P. The van der Waals surface area contributed by atoms with Crippen molar-refractivity contribution in [2.75, 3.05) is 26.4 Å². The maximum absolute atomic E-state index is 6.28. The van der Waals surface area contributed by atoms with Gasteiger partial charge in [0.1, 0.15) is 5.75 Å². The van der Waals surface area contributed by atoms with Crippen molar-refractivity contribution in [3.63, 3.8) is 0 Å². The Morgan fingerprint density at radius 1 is 0.417 bits per heavy atom. The molecule has 0 heterocycles. The molecule has 0 aliphatic carbocycles. The van der Waals surface area contributed by atoms with E-state index in [-0.39, 0.29) is 0 Å². The van der Waals surface area contributed by atoms with Gasteiger partial charge in [0.25, 0.3) is 0 Å². The molecule has 0 saturated carbocycles. The predicted octanol–water partition coefficient (Wildman–Crippen LogP) is 14.3. The van der Waals surface area contributed by atoms with Gasteiger partial charge in [-0.05, 0) is 63.5 Å². The number of ether oxygens (including phenoxy) is 2. The van der Waals surface area contributed by atoms with Crippen LogP contribution < -0.4 is 4.52 Å². The predicted molar refractivity (Wildman–Crippen MR) is 208 cm³/mol. The van der Waals surface area contributed by atoms with Gasteiger partial charge in [0, 0.05) is 13.2 Å². The van der Waals surface area contributed by atoms with E-state index in [1.807, 2.05) is 30.3 Å². The number of hydrogen-bond donors (Lipinski definition) is 0. The molecule has 6 heteroatoms. The van der Waals surface area contributed by atoms with E-state index in [0.717, 1.165) is 57.5 Å². The molecule has 0 bridgehead atoms. The molecule has 48 heavy (non-hydrogen) atoms. The maximum atomic E-state index is 6.28. The van der Waals surface area contributed by atoms with Crippen molar-refractivity contribution in [3.05, 3.63) is 30.3 Å². The molecule has 1 aromatic rings. The molecule has 0 saturated heterocycles. The highest BCUT2D eigenvalue weighted by Crippen LogP contribution is 2.41. The van der Waals surface area contributed by atoms with Crippen LogP contribution in [0, 0.1) is 0 Å². The zero-order valence-electron chi connectivity index (χ0n) is 32.2. The van der Waals surface area contributed by atoms with Crippen LogP contribution in [0.4, 0.5) is 0 Å². The van der Waals surface area contributed by atoms with Gasteiger partial charge in [-0.1, -0.05) is 161 Å². The van der Waals surface area contributed by atoms with Crippen molar-refractivity contribution < 1.29 is 23.0 Å². The van der Waals surface area contributed by atoms with Crippen molar-refractivity contribution in [3.8, 4) is 5.75 Å². The van der Waals surface area contributed by atoms with Crippen LogP contribution in [0.2, 0.25) is 0 Å². The first-order valence-corrected chi connectivity index (χ1v) is 21.8. The molecule has 2 atom stereocenters. The average Bonchev–Trinajstić information content (AvgIpc) is 3.10. The van der Waals surface area contributed by atoms with Crippen LogP contribution in [0.3, 0.4) is 0 Å². The lowest BCUT2D eigenvalue weighted by atomic mass is 10.1. The van der Waals surface area contributed by atoms with E-state index in [1.165, 1.54) is 128 Å². The number of benzene rings is 1. The minimum absolute atomic E-state index is 0.409. The second kappa shape index (κ2) is 36.1. The van der Waals surface area contributed by atoms with Crippen molar-refractivity contribution in [1.82, 2.24) is 0 Å². The Morgan fingerprint density at radius 3 is 1.25 bits per heavy atom. The van der Waals surface area contributed by atoms with Crippen LogP contribution in [0.15, 0.2) is 30.3 Å². The van der Waals surface area contributed by atoms with Gasteiger partial charge in [-0.2, -0.15) is 0 Å². The lowest BCUT2D eigenvalue weighted by Gasteiger charge is -2.19. The minimum Gasteiger partial charge on any atom is -0.427 e. The van der Waals surface area contributed by atoms with Gasteiger partial charge in [0.05, 0.1) is 25.4 Å². The zero-order chi connectivity index (χ0) is 34.6.